The number of amides is 3. The predicted molar refractivity (Wildman–Crippen MR) is 91.6 cm³/mol. The van der Waals surface area contributed by atoms with Gasteiger partial charge in [-0.15, -0.1) is 12.4 Å². The zero-order valence-electron chi connectivity index (χ0n) is 13.0. The molecule has 3 amide bonds. The van der Waals surface area contributed by atoms with Crippen LogP contribution in [0.15, 0.2) is 30.3 Å². The van der Waals surface area contributed by atoms with Gasteiger partial charge in [0.15, 0.2) is 0 Å². The molecule has 0 atom stereocenters. The quantitative estimate of drug-likeness (QED) is 0.784. The highest BCUT2D eigenvalue weighted by atomic mass is 35.5. The molecule has 6 nitrogen and oxygen atoms in total. The molecule has 7 heteroatoms. The van der Waals surface area contributed by atoms with Crippen LogP contribution >= 0.6 is 12.4 Å². The average molecular weight is 339 g/mol. The number of nitrogens with zero attached hydrogens (tertiary/aromatic N) is 1. The van der Waals surface area contributed by atoms with E-state index in [1.807, 2.05) is 35.2 Å². The van der Waals surface area contributed by atoms with Crippen molar-refractivity contribution in [3.05, 3.63) is 30.3 Å². The second-order valence-electron chi connectivity index (χ2n) is 6.19. The largest absolute Gasteiger partial charge is 0.341 e. The van der Waals surface area contributed by atoms with Gasteiger partial charge < -0.3 is 21.3 Å². The van der Waals surface area contributed by atoms with Crippen molar-refractivity contribution in [2.45, 2.75) is 37.3 Å². The number of anilines is 1. The fourth-order valence-corrected chi connectivity index (χ4v) is 2.76. The van der Waals surface area contributed by atoms with E-state index in [1.54, 1.807) is 0 Å². The first-order valence-electron chi connectivity index (χ1n) is 7.78. The Labute approximate surface area is 142 Å². The van der Waals surface area contributed by atoms with Crippen LogP contribution in [0.4, 0.5) is 10.5 Å². The van der Waals surface area contributed by atoms with Gasteiger partial charge in [0.05, 0.1) is 5.54 Å². The SMILES string of the molecule is Cl.NC1(C(=O)N2CCC(NC(=O)Nc3ccccc3)CC2)CC1. The van der Waals surface area contributed by atoms with Crippen LogP contribution in [0.25, 0.3) is 0 Å². The van der Waals surface area contributed by atoms with Gasteiger partial charge in [0, 0.05) is 24.8 Å². The highest BCUT2D eigenvalue weighted by Crippen LogP contribution is 2.34. The van der Waals surface area contributed by atoms with Gasteiger partial charge in [0.25, 0.3) is 0 Å². The minimum absolute atomic E-state index is 0. The molecule has 3 rings (SSSR count). The summed E-state index contributed by atoms with van der Waals surface area (Å²) in [4.78, 5) is 25.9. The van der Waals surface area contributed by atoms with Gasteiger partial charge in [-0.05, 0) is 37.8 Å². The van der Waals surface area contributed by atoms with Crippen molar-refractivity contribution in [2.75, 3.05) is 18.4 Å². The maximum absolute atomic E-state index is 12.2. The molecule has 1 aromatic carbocycles. The number of likely N-dealkylation sites (tertiary alicyclic amines) is 1. The highest BCUT2D eigenvalue weighted by Gasteiger charge is 2.48. The topological polar surface area (TPSA) is 87.5 Å². The number of benzene rings is 1. The second kappa shape index (κ2) is 7.19. The van der Waals surface area contributed by atoms with Crippen LogP contribution in [-0.4, -0.2) is 41.5 Å². The van der Waals surface area contributed by atoms with Crippen LogP contribution in [0.1, 0.15) is 25.7 Å². The lowest BCUT2D eigenvalue weighted by Crippen LogP contribution is -2.52. The Bertz CT molecular complexity index is 554. The molecule has 1 saturated carbocycles. The smallest absolute Gasteiger partial charge is 0.319 e. The van der Waals surface area contributed by atoms with E-state index in [4.69, 9.17) is 5.73 Å². The average Bonchev–Trinajstić information content (AvgIpc) is 3.27. The van der Waals surface area contributed by atoms with Gasteiger partial charge in [-0.3, -0.25) is 4.79 Å². The second-order valence-corrected chi connectivity index (χ2v) is 6.19. The molecule has 0 bridgehead atoms. The maximum atomic E-state index is 12.2. The van der Waals surface area contributed by atoms with E-state index in [9.17, 15) is 9.59 Å². The predicted octanol–water partition coefficient (Wildman–Crippen LogP) is 1.71. The lowest BCUT2D eigenvalue weighted by Gasteiger charge is -2.33. The van der Waals surface area contributed by atoms with Crippen LogP contribution in [0, 0.1) is 0 Å². The van der Waals surface area contributed by atoms with Crippen molar-refractivity contribution in [1.82, 2.24) is 10.2 Å². The molecule has 1 saturated heterocycles. The lowest BCUT2D eigenvalue weighted by molar-refractivity contribution is -0.134. The third-order valence-electron chi connectivity index (χ3n) is 4.36. The van der Waals surface area contributed by atoms with Crippen LogP contribution in [0.3, 0.4) is 0 Å². The molecule has 1 heterocycles. The van der Waals surface area contributed by atoms with E-state index in [0.29, 0.717) is 13.1 Å². The first-order valence-corrected chi connectivity index (χ1v) is 7.78. The molecule has 23 heavy (non-hydrogen) atoms. The number of halogens is 1. The van der Waals surface area contributed by atoms with Gasteiger partial charge in [0.1, 0.15) is 0 Å². The van der Waals surface area contributed by atoms with Crippen molar-refractivity contribution < 1.29 is 9.59 Å². The van der Waals surface area contributed by atoms with Crippen LogP contribution < -0.4 is 16.4 Å². The number of para-hydroxylation sites is 1. The first kappa shape index (κ1) is 17.6. The third kappa shape index (κ3) is 4.36. The number of hydrogen-bond acceptors (Lipinski definition) is 3. The number of carbonyl (C=O) groups is 2. The monoisotopic (exact) mass is 338 g/mol. The summed E-state index contributed by atoms with van der Waals surface area (Å²) >= 11 is 0. The summed E-state index contributed by atoms with van der Waals surface area (Å²) in [5.74, 6) is 0.0692. The summed E-state index contributed by atoms with van der Waals surface area (Å²) < 4.78 is 0. The van der Waals surface area contributed by atoms with Gasteiger partial charge in [-0.25, -0.2) is 4.79 Å². The summed E-state index contributed by atoms with van der Waals surface area (Å²) in [6.07, 6.45) is 3.13. The highest BCUT2D eigenvalue weighted by molar-refractivity contribution is 5.90. The normalized spacial score (nSPS) is 19.4. The summed E-state index contributed by atoms with van der Waals surface area (Å²) in [5.41, 5.74) is 6.13. The van der Waals surface area contributed by atoms with E-state index in [0.717, 1.165) is 31.4 Å². The molecule has 1 aliphatic carbocycles. The van der Waals surface area contributed by atoms with E-state index in [-0.39, 0.29) is 30.4 Å². The fraction of sp³-hybridized carbons (Fsp3) is 0.500. The molecule has 1 aromatic rings. The number of nitrogens with two attached hydrogens (primary N) is 1. The first-order chi connectivity index (χ1) is 10.6. The Morgan fingerprint density at radius 1 is 1.13 bits per heavy atom. The molecule has 1 aliphatic heterocycles. The van der Waals surface area contributed by atoms with E-state index in [2.05, 4.69) is 10.6 Å². The van der Waals surface area contributed by atoms with Crippen molar-refractivity contribution in [3.8, 4) is 0 Å². The van der Waals surface area contributed by atoms with E-state index >= 15 is 0 Å². The molecule has 0 aromatic heterocycles. The Morgan fingerprint density at radius 3 is 2.30 bits per heavy atom. The number of carbonyl (C=O) groups excluding carboxylic acids is 2. The number of nitrogens with one attached hydrogen (secondary N) is 2. The van der Waals surface area contributed by atoms with Crippen molar-refractivity contribution in [2.24, 2.45) is 5.73 Å². The molecule has 4 N–H and O–H groups in total. The van der Waals surface area contributed by atoms with Crippen molar-refractivity contribution >= 4 is 30.0 Å². The van der Waals surface area contributed by atoms with Gasteiger partial charge in [0.2, 0.25) is 5.91 Å². The van der Waals surface area contributed by atoms with E-state index in [1.165, 1.54) is 0 Å². The Balaban J connectivity index is 0.00000192. The number of urea groups is 1. The minimum atomic E-state index is -0.592. The maximum Gasteiger partial charge on any atom is 0.319 e. The Morgan fingerprint density at radius 2 is 1.74 bits per heavy atom. The fourth-order valence-electron chi connectivity index (χ4n) is 2.76. The molecular formula is C16H23ClN4O2. The summed E-state index contributed by atoms with van der Waals surface area (Å²) in [7, 11) is 0. The summed E-state index contributed by atoms with van der Waals surface area (Å²) in [6.45, 7) is 1.32. The Hall–Kier alpha value is -1.79. The van der Waals surface area contributed by atoms with Crippen molar-refractivity contribution in [1.29, 1.82) is 0 Å². The summed E-state index contributed by atoms with van der Waals surface area (Å²) in [6, 6.07) is 9.24. The van der Waals surface area contributed by atoms with Crippen LogP contribution in [-0.2, 0) is 4.79 Å². The van der Waals surface area contributed by atoms with Crippen molar-refractivity contribution in [3.63, 3.8) is 0 Å². The van der Waals surface area contributed by atoms with Gasteiger partial charge in [-0.2, -0.15) is 0 Å². The lowest BCUT2D eigenvalue weighted by atomic mass is 10.0. The molecule has 2 fully saturated rings. The number of hydrogen-bond donors (Lipinski definition) is 3. The molecular weight excluding hydrogens is 316 g/mol. The molecule has 126 valence electrons. The zero-order valence-corrected chi connectivity index (χ0v) is 13.8. The van der Waals surface area contributed by atoms with Gasteiger partial charge in [-0.1, -0.05) is 18.2 Å². The molecule has 0 radical (unpaired) electrons. The minimum Gasteiger partial charge on any atom is -0.341 e. The number of piperidine rings is 1. The van der Waals surface area contributed by atoms with Gasteiger partial charge >= 0.3 is 6.03 Å². The van der Waals surface area contributed by atoms with Crippen LogP contribution in [0.2, 0.25) is 0 Å². The molecule has 0 unspecified atom stereocenters. The zero-order chi connectivity index (χ0) is 15.6. The molecule has 0 spiro atoms. The van der Waals surface area contributed by atoms with E-state index < -0.39 is 5.54 Å². The Kier molecular flexibility index (Phi) is 5.49. The molecule has 2 aliphatic rings. The van der Waals surface area contributed by atoms with Crippen LogP contribution in [0.5, 0.6) is 0 Å². The number of rotatable bonds is 3. The standard InChI is InChI=1S/C16H22N4O2.ClH/c17-16(8-9-16)14(21)20-10-6-13(7-11-20)19-15(22)18-12-4-2-1-3-5-12;/h1-5,13H,6-11,17H2,(H2,18,19,22);1H. The summed E-state index contributed by atoms with van der Waals surface area (Å²) in [5, 5.41) is 5.77. The third-order valence-corrected chi connectivity index (χ3v) is 4.36.